The molecule has 2 aromatic rings. The van der Waals surface area contributed by atoms with Gasteiger partial charge in [-0.3, -0.25) is 0 Å². The van der Waals surface area contributed by atoms with Crippen LogP contribution in [-0.4, -0.2) is 9.78 Å². The van der Waals surface area contributed by atoms with Crippen molar-refractivity contribution in [2.24, 2.45) is 0 Å². The first-order valence-electron chi connectivity index (χ1n) is 4.23. The molecule has 0 spiro atoms. The van der Waals surface area contributed by atoms with E-state index in [4.69, 9.17) is 17.3 Å². The van der Waals surface area contributed by atoms with E-state index >= 15 is 0 Å². The zero-order valence-corrected chi connectivity index (χ0v) is 8.49. The van der Waals surface area contributed by atoms with Gasteiger partial charge in [0.25, 0.3) is 0 Å². The summed E-state index contributed by atoms with van der Waals surface area (Å²) in [4.78, 5) is 0. The van der Waals surface area contributed by atoms with E-state index in [-0.39, 0.29) is 0 Å². The Morgan fingerprint density at radius 2 is 2.21 bits per heavy atom. The van der Waals surface area contributed by atoms with Crippen molar-refractivity contribution in [1.29, 1.82) is 0 Å². The van der Waals surface area contributed by atoms with Gasteiger partial charge in [-0.25, -0.2) is 4.68 Å². The van der Waals surface area contributed by atoms with Crippen LogP contribution in [-0.2, 0) is 0 Å². The summed E-state index contributed by atoms with van der Waals surface area (Å²) in [6, 6.07) is 5.74. The Balaban J connectivity index is 2.47. The number of hydrogen-bond donors (Lipinski definition) is 1. The fourth-order valence-corrected chi connectivity index (χ4v) is 1.38. The second-order valence-corrected chi connectivity index (χ2v) is 3.58. The fraction of sp³-hybridized carbons (Fsp3) is 0.100. The van der Waals surface area contributed by atoms with Crippen LogP contribution in [0, 0.1) is 6.92 Å². The van der Waals surface area contributed by atoms with Crippen LogP contribution in [0.2, 0.25) is 5.02 Å². The predicted molar refractivity (Wildman–Crippen MR) is 57.7 cm³/mol. The first-order chi connectivity index (χ1) is 6.66. The van der Waals surface area contributed by atoms with Crippen LogP contribution in [0.25, 0.3) is 5.69 Å². The van der Waals surface area contributed by atoms with Gasteiger partial charge in [0, 0.05) is 11.9 Å². The van der Waals surface area contributed by atoms with Crippen LogP contribution < -0.4 is 5.73 Å². The van der Waals surface area contributed by atoms with Crippen molar-refractivity contribution in [1.82, 2.24) is 9.78 Å². The predicted octanol–water partition coefficient (Wildman–Crippen LogP) is 2.42. The van der Waals surface area contributed by atoms with Crippen molar-refractivity contribution in [2.75, 3.05) is 5.73 Å². The van der Waals surface area contributed by atoms with Crippen LogP contribution in [0.5, 0.6) is 0 Å². The Morgan fingerprint density at radius 1 is 1.43 bits per heavy atom. The van der Waals surface area contributed by atoms with Gasteiger partial charge in [0.1, 0.15) is 0 Å². The molecule has 0 amide bonds. The number of benzene rings is 1. The van der Waals surface area contributed by atoms with Gasteiger partial charge in [-0.1, -0.05) is 11.6 Å². The van der Waals surface area contributed by atoms with Gasteiger partial charge in [0.05, 0.1) is 16.9 Å². The van der Waals surface area contributed by atoms with Gasteiger partial charge in [-0.05, 0) is 30.7 Å². The van der Waals surface area contributed by atoms with E-state index in [0.717, 1.165) is 16.9 Å². The van der Waals surface area contributed by atoms with Gasteiger partial charge in [0.2, 0.25) is 0 Å². The van der Waals surface area contributed by atoms with Gasteiger partial charge in [-0.2, -0.15) is 5.10 Å². The molecule has 0 atom stereocenters. The number of aryl methyl sites for hydroxylation is 1. The molecule has 0 aliphatic carbocycles. The number of halogens is 1. The van der Waals surface area contributed by atoms with E-state index < -0.39 is 0 Å². The second kappa shape index (κ2) is 3.35. The number of rotatable bonds is 1. The largest absolute Gasteiger partial charge is 0.399 e. The van der Waals surface area contributed by atoms with Crippen LogP contribution in [0.3, 0.4) is 0 Å². The highest BCUT2D eigenvalue weighted by molar-refractivity contribution is 6.30. The molecule has 0 fully saturated rings. The number of aromatic nitrogens is 2. The lowest BCUT2D eigenvalue weighted by Gasteiger charge is -2.04. The van der Waals surface area contributed by atoms with E-state index in [1.165, 1.54) is 0 Å². The third kappa shape index (κ3) is 1.59. The molecule has 0 radical (unpaired) electrons. The first kappa shape index (κ1) is 9.09. The van der Waals surface area contributed by atoms with Crippen molar-refractivity contribution >= 4 is 17.3 Å². The molecule has 0 saturated heterocycles. The Kier molecular flexibility index (Phi) is 2.17. The van der Waals surface area contributed by atoms with Gasteiger partial charge in [-0.15, -0.1) is 0 Å². The molecule has 1 heterocycles. The molecule has 2 rings (SSSR count). The summed E-state index contributed by atoms with van der Waals surface area (Å²) in [6.45, 7) is 1.96. The van der Waals surface area contributed by atoms with Gasteiger partial charge < -0.3 is 5.73 Å². The smallest absolute Gasteiger partial charge is 0.0790 e. The van der Waals surface area contributed by atoms with E-state index in [1.807, 2.05) is 25.1 Å². The number of anilines is 1. The molecule has 0 bridgehead atoms. The molecular formula is C10H10ClN3. The van der Waals surface area contributed by atoms with Crippen molar-refractivity contribution in [2.45, 2.75) is 6.92 Å². The molecular weight excluding hydrogens is 198 g/mol. The quantitative estimate of drug-likeness (QED) is 0.730. The molecule has 4 heteroatoms. The topological polar surface area (TPSA) is 43.8 Å². The van der Waals surface area contributed by atoms with Crippen molar-refractivity contribution in [3.05, 3.63) is 41.2 Å². The third-order valence-electron chi connectivity index (χ3n) is 2.07. The average Bonchev–Trinajstić information content (AvgIpc) is 2.57. The number of nitrogen functional groups attached to an aromatic ring is 1. The van der Waals surface area contributed by atoms with Crippen LogP contribution >= 0.6 is 11.6 Å². The molecule has 0 aliphatic rings. The minimum Gasteiger partial charge on any atom is -0.399 e. The minimum absolute atomic E-state index is 0.625. The average molecular weight is 208 g/mol. The molecule has 3 nitrogen and oxygen atoms in total. The zero-order valence-electron chi connectivity index (χ0n) is 7.74. The molecule has 2 N–H and O–H groups in total. The molecule has 0 unspecified atom stereocenters. The maximum absolute atomic E-state index is 5.77. The van der Waals surface area contributed by atoms with Crippen LogP contribution in [0.1, 0.15) is 5.56 Å². The van der Waals surface area contributed by atoms with Crippen LogP contribution in [0.15, 0.2) is 30.6 Å². The normalized spacial score (nSPS) is 10.4. The Bertz CT molecular complexity index is 462. The summed E-state index contributed by atoms with van der Waals surface area (Å²) in [5.41, 5.74) is 8.50. The molecule has 1 aromatic heterocycles. The third-order valence-corrected chi connectivity index (χ3v) is 2.26. The number of nitrogens with zero attached hydrogens (tertiary/aromatic N) is 2. The molecule has 72 valence electrons. The van der Waals surface area contributed by atoms with Gasteiger partial charge >= 0.3 is 0 Å². The highest BCUT2D eigenvalue weighted by atomic mass is 35.5. The number of nitrogens with two attached hydrogens (primary N) is 1. The van der Waals surface area contributed by atoms with Crippen molar-refractivity contribution in [3.8, 4) is 5.69 Å². The zero-order chi connectivity index (χ0) is 10.1. The minimum atomic E-state index is 0.625. The Hall–Kier alpha value is -1.48. The maximum Gasteiger partial charge on any atom is 0.0790 e. The highest BCUT2D eigenvalue weighted by Crippen LogP contribution is 2.17. The highest BCUT2D eigenvalue weighted by Gasteiger charge is 2.00. The van der Waals surface area contributed by atoms with Crippen molar-refractivity contribution in [3.63, 3.8) is 0 Å². The SMILES string of the molecule is Cc1cc(-n2cc(Cl)cn2)ccc1N. The van der Waals surface area contributed by atoms with Crippen molar-refractivity contribution < 1.29 is 0 Å². The molecule has 0 saturated carbocycles. The van der Waals surface area contributed by atoms with E-state index in [0.29, 0.717) is 5.02 Å². The second-order valence-electron chi connectivity index (χ2n) is 3.14. The first-order valence-corrected chi connectivity index (χ1v) is 4.61. The lowest BCUT2D eigenvalue weighted by molar-refractivity contribution is 0.879. The van der Waals surface area contributed by atoms with E-state index in [2.05, 4.69) is 5.10 Å². The summed E-state index contributed by atoms with van der Waals surface area (Å²) >= 11 is 5.77. The van der Waals surface area contributed by atoms with E-state index in [9.17, 15) is 0 Å². The summed E-state index contributed by atoms with van der Waals surface area (Å²) in [5, 5.41) is 4.73. The lowest BCUT2D eigenvalue weighted by Crippen LogP contribution is -1.96. The molecule has 0 aliphatic heterocycles. The fourth-order valence-electron chi connectivity index (χ4n) is 1.24. The number of hydrogen-bond acceptors (Lipinski definition) is 2. The lowest BCUT2D eigenvalue weighted by atomic mass is 10.2. The monoisotopic (exact) mass is 207 g/mol. The summed E-state index contributed by atoms with van der Waals surface area (Å²) in [7, 11) is 0. The van der Waals surface area contributed by atoms with Gasteiger partial charge in [0.15, 0.2) is 0 Å². The van der Waals surface area contributed by atoms with Crippen LogP contribution in [0.4, 0.5) is 5.69 Å². The standard InChI is InChI=1S/C10H10ClN3/c1-7-4-9(2-3-10(7)12)14-6-8(11)5-13-14/h2-6H,12H2,1H3. The Morgan fingerprint density at radius 3 is 2.79 bits per heavy atom. The molecule has 1 aromatic carbocycles. The summed E-state index contributed by atoms with van der Waals surface area (Å²) in [5.74, 6) is 0. The maximum atomic E-state index is 5.77. The van der Waals surface area contributed by atoms with E-state index in [1.54, 1.807) is 17.1 Å². The Labute approximate surface area is 87.1 Å². The summed E-state index contributed by atoms with van der Waals surface area (Å²) < 4.78 is 1.72. The molecule has 14 heavy (non-hydrogen) atoms. The summed E-state index contributed by atoms with van der Waals surface area (Å²) in [6.07, 6.45) is 3.36.